The number of rotatable bonds is 4. The van der Waals surface area contributed by atoms with Gasteiger partial charge in [-0.1, -0.05) is 6.07 Å². The Morgan fingerprint density at radius 3 is 2.95 bits per heavy atom. The van der Waals surface area contributed by atoms with Crippen LogP contribution in [0.25, 0.3) is 6.08 Å². The molecule has 0 unspecified atom stereocenters. The lowest BCUT2D eigenvalue weighted by molar-refractivity contribution is -0.114. The maximum atomic E-state index is 11.1. The molecule has 1 aliphatic rings. The fraction of sp³-hybridized carbons (Fsp3) is 0.125. The van der Waals surface area contributed by atoms with Crippen LogP contribution in [-0.4, -0.2) is 17.3 Å². The zero-order valence-corrected chi connectivity index (χ0v) is 11.7. The molecule has 0 spiro atoms. The Hall–Kier alpha value is -3.20. The van der Waals surface area contributed by atoms with Crippen LogP contribution in [0.2, 0.25) is 0 Å². The molecule has 110 valence electrons. The van der Waals surface area contributed by atoms with Gasteiger partial charge in [0.05, 0.1) is 0 Å². The van der Waals surface area contributed by atoms with Gasteiger partial charge in [0.25, 0.3) is 5.91 Å². The van der Waals surface area contributed by atoms with Crippen molar-refractivity contribution in [3.63, 3.8) is 0 Å². The number of carbonyl (C=O) groups excluding carboxylic acids is 1. The minimum absolute atomic E-state index is 0.0781. The maximum Gasteiger partial charge on any atom is 0.259 e. The van der Waals surface area contributed by atoms with Crippen LogP contribution in [0.4, 0.5) is 0 Å². The predicted octanol–water partition coefficient (Wildman–Crippen LogP) is 1.66. The standard InChI is InChI=1S/C16H13N3O3/c17-8-12(16(18)20)7-13-2-1-5-19(13)9-11-3-4-14-15(6-11)22-10-21-14/h1-7H,9-10H2,(H2,18,20)/b12-7+. The molecule has 0 fully saturated rings. The number of hydrogen-bond donors (Lipinski definition) is 1. The van der Waals surface area contributed by atoms with Crippen molar-refractivity contribution in [2.24, 2.45) is 5.73 Å². The van der Waals surface area contributed by atoms with E-state index < -0.39 is 5.91 Å². The molecule has 6 nitrogen and oxygen atoms in total. The van der Waals surface area contributed by atoms with Crippen LogP contribution in [0.3, 0.4) is 0 Å². The molecule has 1 aromatic carbocycles. The lowest BCUT2D eigenvalue weighted by atomic mass is 10.2. The first-order valence-electron chi connectivity index (χ1n) is 6.62. The number of hydrogen-bond acceptors (Lipinski definition) is 4. The second-order valence-corrected chi connectivity index (χ2v) is 4.78. The van der Waals surface area contributed by atoms with Gasteiger partial charge in [-0.05, 0) is 35.9 Å². The monoisotopic (exact) mass is 295 g/mol. The van der Waals surface area contributed by atoms with Gasteiger partial charge < -0.3 is 19.8 Å². The Labute approximate surface area is 127 Å². The number of carbonyl (C=O) groups is 1. The molecule has 3 rings (SSSR count). The lowest BCUT2D eigenvalue weighted by Gasteiger charge is -2.08. The van der Waals surface area contributed by atoms with Gasteiger partial charge >= 0.3 is 0 Å². The van der Waals surface area contributed by atoms with Crippen LogP contribution in [0, 0.1) is 11.3 Å². The third kappa shape index (κ3) is 2.65. The van der Waals surface area contributed by atoms with Crippen molar-refractivity contribution in [3.05, 3.63) is 53.4 Å². The van der Waals surface area contributed by atoms with Crippen molar-refractivity contribution in [1.82, 2.24) is 4.57 Å². The van der Waals surface area contributed by atoms with Crippen molar-refractivity contribution in [3.8, 4) is 17.6 Å². The van der Waals surface area contributed by atoms with Crippen LogP contribution in [0.15, 0.2) is 42.1 Å². The van der Waals surface area contributed by atoms with E-state index in [1.165, 1.54) is 6.08 Å². The van der Waals surface area contributed by atoms with Crippen molar-refractivity contribution in [2.45, 2.75) is 6.54 Å². The van der Waals surface area contributed by atoms with Crippen LogP contribution in [-0.2, 0) is 11.3 Å². The summed E-state index contributed by atoms with van der Waals surface area (Å²) in [6, 6.07) is 11.2. The van der Waals surface area contributed by atoms with E-state index in [2.05, 4.69) is 0 Å². The SMILES string of the molecule is N#C/C(=C\c1cccn1Cc1ccc2c(c1)OCO2)C(N)=O. The minimum atomic E-state index is -0.738. The first kappa shape index (κ1) is 13.8. The van der Waals surface area contributed by atoms with Gasteiger partial charge in [0.15, 0.2) is 11.5 Å². The maximum absolute atomic E-state index is 11.1. The molecule has 0 bridgehead atoms. The van der Waals surface area contributed by atoms with E-state index in [9.17, 15) is 4.79 Å². The van der Waals surface area contributed by atoms with Crippen LogP contribution in [0.5, 0.6) is 11.5 Å². The molecule has 0 saturated carbocycles. The quantitative estimate of drug-likeness (QED) is 0.686. The average molecular weight is 295 g/mol. The summed E-state index contributed by atoms with van der Waals surface area (Å²) >= 11 is 0. The Balaban J connectivity index is 1.87. The van der Waals surface area contributed by atoms with Crippen molar-refractivity contribution < 1.29 is 14.3 Å². The third-order valence-electron chi connectivity index (χ3n) is 3.33. The Morgan fingerprint density at radius 1 is 1.36 bits per heavy atom. The molecular formula is C16H13N3O3. The van der Waals surface area contributed by atoms with E-state index in [1.54, 1.807) is 6.07 Å². The van der Waals surface area contributed by atoms with Gasteiger partial charge in [-0.3, -0.25) is 4.79 Å². The number of fused-ring (bicyclic) bond motifs is 1. The van der Waals surface area contributed by atoms with Crippen molar-refractivity contribution >= 4 is 12.0 Å². The Morgan fingerprint density at radius 2 is 2.18 bits per heavy atom. The highest BCUT2D eigenvalue weighted by Crippen LogP contribution is 2.32. The summed E-state index contributed by atoms with van der Waals surface area (Å²) < 4.78 is 12.5. The second kappa shape index (κ2) is 5.66. The lowest BCUT2D eigenvalue weighted by Crippen LogP contribution is -2.13. The third-order valence-corrected chi connectivity index (χ3v) is 3.33. The first-order chi connectivity index (χ1) is 10.7. The summed E-state index contributed by atoms with van der Waals surface area (Å²) in [6.07, 6.45) is 3.35. The van der Waals surface area contributed by atoms with Gasteiger partial charge in [0, 0.05) is 18.4 Å². The van der Waals surface area contributed by atoms with Crippen molar-refractivity contribution in [2.75, 3.05) is 6.79 Å². The minimum Gasteiger partial charge on any atom is -0.454 e. The number of aromatic nitrogens is 1. The first-order valence-corrected chi connectivity index (χ1v) is 6.62. The highest BCUT2D eigenvalue weighted by atomic mass is 16.7. The highest BCUT2D eigenvalue weighted by Gasteiger charge is 2.13. The molecule has 2 aromatic rings. The number of nitrogens with two attached hydrogens (primary N) is 1. The van der Waals surface area contributed by atoms with E-state index in [-0.39, 0.29) is 12.4 Å². The number of benzene rings is 1. The molecule has 2 N–H and O–H groups in total. The van der Waals surface area contributed by atoms with Crippen molar-refractivity contribution in [1.29, 1.82) is 5.26 Å². The Bertz CT molecular complexity index is 799. The summed E-state index contributed by atoms with van der Waals surface area (Å²) in [5, 5.41) is 8.92. The highest BCUT2D eigenvalue weighted by molar-refractivity contribution is 6.00. The number of nitriles is 1. The molecule has 6 heteroatoms. The number of ether oxygens (including phenoxy) is 2. The summed E-state index contributed by atoms with van der Waals surface area (Å²) in [5.41, 5.74) is 6.83. The summed E-state index contributed by atoms with van der Waals surface area (Å²) in [7, 11) is 0. The molecule has 1 amide bonds. The van der Waals surface area contributed by atoms with Crippen LogP contribution < -0.4 is 15.2 Å². The summed E-state index contributed by atoms with van der Waals surface area (Å²) in [6.45, 7) is 0.813. The van der Waals surface area contributed by atoms with Crippen LogP contribution in [0.1, 0.15) is 11.3 Å². The molecule has 0 saturated heterocycles. The number of primary amides is 1. The van der Waals surface area contributed by atoms with Gasteiger partial charge in [0.2, 0.25) is 6.79 Å². The molecular weight excluding hydrogens is 282 g/mol. The van der Waals surface area contributed by atoms with Gasteiger partial charge in [0.1, 0.15) is 11.6 Å². The van der Waals surface area contributed by atoms with Crippen LogP contribution >= 0.6 is 0 Å². The molecule has 2 heterocycles. The van der Waals surface area contributed by atoms with E-state index in [4.69, 9.17) is 20.5 Å². The zero-order valence-electron chi connectivity index (χ0n) is 11.7. The van der Waals surface area contributed by atoms with Gasteiger partial charge in [-0.25, -0.2) is 0 Å². The molecule has 1 aromatic heterocycles. The van der Waals surface area contributed by atoms with Gasteiger partial charge in [-0.15, -0.1) is 0 Å². The molecule has 0 radical (unpaired) electrons. The zero-order chi connectivity index (χ0) is 15.5. The molecule has 0 aliphatic carbocycles. The topological polar surface area (TPSA) is 90.3 Å². The largest absolute Gasteiger partial charge is 0.454 e. The summed E-state index contributed by atoms with van der Waals surface area (Å²) in [4.78, 5) is 11.1. The Kier molecular flexibility index (Phi) is 3.54. The summed E-state index contributed by atoms with van der Waals surface area (Å²) in [5.74, 6) is 0.715. The molecule has 1 aliphatic heterocycles. The van der Waals surface area contributed by atoms with E-state index in [0.717, 1.165) is 22.8 Å². The number of nitrogens with zero attached hydrogens (tertiary/aromatic N) is 2. The van der Waals surface area contributed by atoms with E-state index in [1.807, 2.05) is 41.1 Å². The fourth-order valence-electron chi connectivity index (χ4n) is 2.24. The van der Waals surface area contributed by atoms with E-state index >= 15 is 0 Å². The fourth-order valence-corrected chi connectivity index (χ4v) is 2.24. The average Bonchev–Trinajstić information content (AvgIpc) is 3.13. The normalized spacial score (nSPS) is 13.0. The molecule has 0 atom stereocenters. The second-order valence-electron chi connectivity index (χ2n) is 4.78. The predicted molar refractivity (Wildman–Crippen MR) is 78.9 cm³/mol. The molecule has 22 heavy (non-hydrogen) atoms. The van der Waals surface area contributed by atoms with E-state index in [0.29, 0.717) is 6.54 Å². The number of amides is 1. The van der Waals surface area contributed by atoms with Gasteiger partial charge in [-0.2, -0.15) is 5.26 Å². The smallest absolute Gasteiger partial charge is 0.259 e.